The molecule has 0 atom stereocenters. The second-order valence-electron chi connectivity index (χ2n) is 6.25. The van der Waals surface area contributed by atoms with Crippen molar-refractivity contribution in [2.45, 2.75) is 32.2 Å². The number of rotatable bonds is 8. The van der Waals surface area contributed by atoms with Crippen molar-refractivity contribution in [3.63, 3.8) is 0 Å². The fourth-order valence-electron chi connectivity index (χ4n) is 2.82. The number of benzene rings is 1. The number of nitrogens with one attached hydrogen (secondary N) is 1. The summed E-state index contributed by atoms with van der Waals surface area (Å²) in [6.45, 7) is 4.69. The molecule has 0 saturated carbocycles. The van der Waals surface area contributed by atoms with E-state index in [1.165, 1.54) is 0 Å². The number of halogens is 1. The van der Waals surface area contributed by atoms with Crippen molar-refractivity contribution in [3.8, 4) is 11.5 Å². The number of nitrogens with zero attached hydrogens (tertiary/aromatic N) is 2. The lowest BCUT2D eigenvalue weighted by Gasteiger charge is -2.31. The molecule has 2 rings (SSSR count). The van der Waals surface area contributed by atoms with E-state index >= 15 is 0 Å². The molecule has 0 bridgehead atoms. The minimum atomic E-state index is -0.242. The van der Waals surface area contributed by atoms with Crippen LogP contribution >= 0.6 is 24.0 Å². The third-order valence-corrected chi connectivity index (χ3v) is 4.27. The highest BCUT2D eigenvalue weighted by molar-refractivity contribution is 14.0. The number of guanidine groups is 1. The summed E-state index contributed by atoms with van der Waals surface area (Å²) in [7, 11) is 1.63. The molecule has 1 aromatic rings. The van der Waals surface area contributed by atoms with Gasteiger partial charge in [-0.25, -0.2) is 4.79 Å². The van der Waals surface area contributed by atoms with Gasteiger partial charge in [-0.3, -0.25) is 4.99 Å². The number of carbonyl (C=O) groups excluding carboxylic acids is 1. The molecule has 158 valence electrons. The molecule has 8 nitrogen and oxygen atoms in total. The predicted molar refractivity (Wildman–Crippen MR) is 120 cm³/mol. The summed E-state index contributed by atoms with van der Waals surface area (Å²) in [5.41, 5.74) is 5.95. The van der Waals surface area contributed by atoms with E-state index in [2.05, 4.69) is 10.3 Å². The summed E-state index contributed by atoms with van der Waals surface area (Å²) < 4.78 is 15.9. The normalized spacial score (nSPS) is 14.8. The van der Waals surface area contributed by atoms with Crippen LogP contribution in [-0.4, -0.2) is 63.0 Å². The number of aliphatic imine (C=N–C) groups is 1. The number of ether oxygens (including phenoxy) is 3. The Morgan fingerprint density at radius 2 is 2.04 bits per heavy atom. The second kappa shape index (κ2) is 13.3. The summed E-state index contributed by atoms with van der Waals surface area (Å²) in [6.07, 6.45) is 2.18. The van der Waals surface area contributed by atoms with Gasteiger partial charge in [-0.05, 0) is 31.9 Å². The summed E-state index contributed by atoms with van der Waals surface area (Å²) in [4.78, 5) is 17.8. The highest BCUT2D eigenvalue weighted by Gasteiger charge is 2.23. The summed E-state index contributed by atoms with van der Waals surface area (Å²) in [5.74, 6) is 1.98. The van der Waals surface area contributed by atoms with Crippen LogP contribution < -0.4 is 20.5 Å². The Labute approximate surface area is 183 Å². The zero-order valence-electron chi connectivity index (χ0n) is 16.6. The number of methoxy groups -OCH3 is 1. The zero-order chi connectivity index (χ0) is 19.5. The highest BCUT2D eigenvalue weighted by Crippen LogP contribution is 2.18. The number of hydrogen-bond donors (Lipinski definition) is 2. The van der Waals surface area contributed by atoms with Gasteiger partial charge in [-0.1, -0.05) is 6.07 Å². The quantitative estimate of drug-likeness (QED) is 0.244. The average molecular weight is 506 g/mol. The van der Waals surface area contributed by atoms with E-state index in [9.17, 15) is 4.79 Å². The van der Waals surface area contributed by atoms with E-state index < -0.39 is 0 Å². The highest BCUT2D eigenvalue weighted by atomic mass is 127. The number of likely N-dealkylation sites (tertiary alicyclic amines) is 1. The Kier molecular flexibility index (Phi) is 11.5. The minimum absolute atomic E-state index is 0. The Bertz CT molecular complexity index is 622. The van der Waals surface area contributed by atoms with E-state index in [1.54, 1.807) is 12.0 Å². The number of piperidine rings is 1. The largest absolute Gasteiger partial charge is 0.497 e. The van der Waals surface area contributed by atoms with Crippen molar-refractivity contribution in [2.75, 3.05) is 40.0 Å². The minimum Gasteiger partial charge on any atom is -0.497 e. The van der Waals surface area contributed by atoms with Crippen LogP contribution in [0.2, 0.25) is 0 Å². The number of amides is 1. The molecule has 1 aromatic carbocycles. The van der Waals surface area contributed by atoms with E-state index in [4.69, 9.17) is 19.9 Å². The van der Waals surface area contributed by atoms with Gasteiger partial charge in [0, 0.05) is 38.2 Å². The third kappa shape index (κ3) is 8.41. The molecule has 0 radical (unpaired) electrons. The zero-order valence-corrected chi connectivity index (χ0v) is 18.9. The Hall–Kier alpha value is -1.91. The fraction of sp³-hybridized carbons (Fsp3) is 0.579. The molecule has 3 N–H and O–H groups in total. The van der Waals surface area contributed by atoms with Crippen LogP contribution in [0.4, 0.5) is 4.79 Å². The van der Waals surface area contributed by atoms with Gasteiger partial charge in [-0.15, -0.1) is 24.0 Å². The monoisotopic (exact) mass is 506 g/mol. The van der Waals surface area contributed by atoms with Crippen LogP contribution in [0.15, 0.2) is 29.3 Å². The lowest BCUT2D eigenvalue weighted by molar-refractivity contribution is 0.0963. The van der Waals surface area contributed by atoms with Crippen molar-refractivity contribution in [2.24, 2.45) is 10.7 Å². The first-order chi connectivity index (χ1) is 13.1. The maximum atomic E-state index is 11.7. The molecule has 1 saturated heterocycles. The molecule has 1 heterocycles. The average Bonchev–Trinajstić information content (AvgIpc) is 2.68. The standard InChI is InChI=1S/C19H30N4O4.HI/c1-3-26-19(24)23-11-8-15(9-12-23)22-18(20)21-10-5-13-27-17-7-4-6-16(14-17)25-2;/h4,6-7,14-15H,3,5,8-13H2,1-2H3,(H3,20,21,22);1H. The maximum absolute atomic E-state index is 11.7. The molecule has 1 aliphatic heterocycles. The number of hydrogen-bond acceptors (Lipinski definition) is 5. The van der Waals surface area contributed by atoms with Gasteiger partial charge in [-0.2, -0.15) is 0 Å². The first-order valence-electron chi connectivity index (χ1n) is 9.37. The van der Waals surface area contributed by atoms with Crippen LogP contribution in [0.1, 0.15) is 26.2 Å². The Balaban J connectivity index is 0.00000392. The van der Waals surface area contributed by atoms with Crippen molar-refractivity contribution in [3.05, 3.63) is 24.3 Å². The third-order valence-electron chi connectivity index (χ3n) is 4.27. The van der Waals surface area contributed by atoms with Gasteiger partial charge in [0.15, 0.2) is 5.96 Å². The smallest absolute Gasteiger partial charge is 0.409 e. The molecule has 1 amide bonds. The first-order valence-corrected chi connectivity index (χ1v) is 9.37. The maximum Gasteiger partial charge on any atom is 0.409 e. The predicted octanol–water partition coefficient (Wildman–Crippen LogP) is 2.61. The van der Waals surface area contributed by atoms with Crippen LogP contribution in [0.25, 0.3) is 0 Å². The van der Waals surface area contributed by atoms with Crippen molar-refractivity contribution >= 4 is 36.0 Å². The van der Waals surface area contributed by atoms with Gasteiger partial charge >= 0.3 is 6.09 Å². The first kappa shape index (κ1) is 24.1. The molecular weight excluding hydrogens is 475 g/mol. The molecule has 0 spiro atoms. The van der Waals surface area contributed by atoms with Crippen LogP contribution in [0, 0.1) is 0 Å². The summed E-state index contributed by atoms with van der Waals surface area (Å²) in [6, 6.07) is 7.74. The summed E-state index contributed by atoms with van der Waals surface area (Å²) >= 11 is 0. The van der Waals surface area contributed by atoms with E-state index in [1.807, 2.05) is 31.2 Å². The van der Waals surface area contributed by atoms with Gasteiger partial charge in [0.2, 0.25) is 0 Å². The van der Waals surface area contributed by atoms with Gasteiger partial charge in [0.25, 0.3) is 0 Å². The topological polar surface area (TPSA) is 98.4 Å². The number of carbonyl (C=O) groups is 1. The van der Waals surface area contributed by atoms with E-state index in [0.29, 0.717) is 38.8 Å². The molecule has 0 aliphatic carbocycles. The van der Waals surface area contributed by atoms with Crippen molar-refractivity contribution < 1.29 is 19.0 Å². The molecular formula is C19H31IN4O4. The Morgan fingerprint density at radius 3 is 2.71 bits per heavy atom. The fourth-order valence-corrected chi connectivity index (χ4v) is 2.82. The van der Waals surface area contributed by atoms with Gasteiger partial charge in [0.05, 0.1) is 20.3 Å². The van der Waals surface area contributed by atoms with Crippen molar-refractivity contribution in [1.29, 1.82) is 0 Å². The summed E-state index contributed by atoms with van der Waals surface area (Å²) in [5, 5.41) is 3.23. The molecule has 28 heavy (non-hydrogen) atoms. The van der Waals surface area contributed by atoms with Crippen LogP contribution in [0.3, 0.4) is 0 Å². The van der Waals surface area contributed by atoms with E-state index in [0.717, 1.165) is 30.8 Å². The van der Waals surface area contributed by atoms with Crippen LogP contribution in [-0.2, 0) is 4.74 Å². The molecule has 1 aliphatic rings. The molecule has 0 unspecified atom stereocenters. The second-order valence-corrected chi connectivity index (χ2v) is 6.25. The van der Waals surface area contributed by atoms with Gasteiger partial charge < -0.3 is 30.2 Å². The Morgan fingerprint density at radius 1 is 1.32 bits per heavy atom. The SMILES string of the molecule is CCOC(=O)N1CCC(NC(N)=NCCCOc2cccc(OC)c2)CC1.I. The van der Waals surface area contributed by atoms with Crippen LogP contribution in [0.5, 0.6) is 11.5 Å². The number of nitrogens with two attached hydrogens (primary N) is 1. The van der Waals surface area contributed by atoms with Gasteiger partial charge in [0.1, 0.15) is 11.5 Å². The van der Waals surface area contributed by atoms with Crippen molar-refractivity contribution in [1.82, 2.24) is 10.2 Å². The van der Waals surface area contributed by atoms with E-state index in [-0.39, 0.29) is 36.1 Å². The lowest BCUT2D eigenvalue weighted by atomic mass is 10.1. The lowest BCUT2D eigenvalue weighted by Crippen LogP contribution is -2.48. The molecule has 1 fully saturated rings. The molecule has 0 aromatic heterocycles. The molecule has 9 heteroatoms.